The molecule has 3 heteroatoms. The van der Waals surface area contributed by atoms with Gasteiger partial charge < -0.3 is 10.6 Å². The highest BCUT2D eigenvalue weighted by Gasteiger charge is 2.44. The molecule has 2 aromatic carbocycles. The average Bonchev–Trinajstić information content (AvgIpc) is 3.44. The highest BCUT2D eigenvalue weighted by atomic mass is 28.3. The topological polar surface area (TPSA) is 24.1 Å². The van der Waals surface area contributed by atoms with Gasteiger partial charge in [0.25, 0.3) is 0 Å². The fraction of sp³-hybridized carbons (Fsp3) is 0.478. The average molecular weight is 365 g/mol. The molecule has 2 aliphatic rings. The predicted octanol–water partition coefficient (Wildman–Crippen LogP) is 5.93. The molecule has 2 N–H and O–H groups in total. The smallest absolute Gasteiger partial charge is 0.0579 e. The van der Waals surface area contributed by atoms with E-state index in [1.807, 2.05) is 0 Å². The summed E-state index contributed by atoms with van der Waals surface area (Å²) in [4.78, 5) is 0. The lowest BCUT2D eigenvalue weighted by atomic mass is 9.81. The van der Waals surface area contributed by atoms with E-state index in [1.165, 1.54) is 35.8 Å². The number of fused-ring (bicyclic) bond motifs is 1. The van der Waals surface area contributed by atoms with Crippen LogP contribution in [0.25, 0.3) is 0 Å². The van der Waals surface area contributed by atoms with Crippen LogP contribution in [0, 0.1) is 11.8 Å². The fourth-order valence-electron chi connectivity index (χ4n) is 4.81. The molecule has 0 saturated heterocycles. The lowest BCUT2D eigenvalue weighted by Gasteiger charge is -2.40. The molecule has 1 aliphatic carbocycles. The SMILES string of the molecule is CC[SiH](C)C1CC1CC1Nc2ccccc2C(Nc2ccccc2)C1C. The maximum atomic E-state index is 3.89. The Morgan fingerprint density at radius 1 is 1.08 bits per heavy atom. The summed E-state index contributed by atoms with van der Waals surface area (Å²) < 4.78 is 0. The Morgan fingerprint density at radius 2 is 1.81 bits per heavy atom. The van der Waals surface area contributed by atoms with Crippen LogP contribution in [-0.4, -0.2) is 14.8 Å². The lowest BCUT2D eigenvalue weighted by molar-refractivity contribution is 0.379. The Hall–Kier alpha value is -1.74. The molecular weight excluding hydrogens is 332 g/mol. The first-order chi connectivity index (χ1) is 12.7. The molecule has 0 spiro atoms. The number of rotatable bonds is 6. The molecule has 1 saturated carbocycles. The fourth-order valence-corrected chi connectivity index (χ4v) is 7.32. The molecule has 1 heterocycles. The number of benzene rings is 2. The van der Waals surface area contributed by atoms with Gasteiger partial charge in [-0.25, -0.2) is 0 Å². The third-order valence-electron chi connectivity index (χ3n) is 6.80. The van der Waals surface area contributed by atoms with Gasteiger partial charge in [0, 0.05) is 32.1 Å². The Balaban J connectivity index is 1.53. The summed E-state index contributed by atoms with van der Waals surface area (Å²) in [5.74, 6) is 1.55. The molecule has 26 heavy (non-hydrogen) atoms. The van der Waals surface area contributed by atoms with E-state index in [9.17, 15) is 0 Å². The van der Waals surface area contributed by atoms with Crippen LogP contribution in [0.3, 0.4) is 0 Å². The maximum absolute atomic E-state index is 3.89. The van der Waals surface area contributed by atoms with Crippen LogP contribution >= 0.6 is 0 Å². The molecule has 2 aromatic rings. The van der Waals surface area contributed by atoms with E-state index in [1.54, 1.807) is 0 Å². The maximum Gasteiger partial charge on any atom is 0.0579 e. The number of nitrogens with one attached hydrogen (secondary N) is 2. The summed E-state index contributed by atoms with van der Waals surface area (Å²) in [5.41, 5.74) is 5.04. The molecule has 4 rings (SSSR count). The molecule has 1 aliphatic heterocycles. The van der Waals surface area contributed by atoms with Crippen LogP contribution in [0.2, 0.25) is 18.1 Å². The molecule has 0 amide bonds. The van der Waals surface area contributed by atoms with Gasteiger partial charge in [-0.05, 0) is 48.1 Å². The van der Waals surface area contributed by atoms with Gasteiger partial charge in [-0.2, -0.15) is 0 Å². The number of anilines is 2. The zero-order valence-electron chi connectivity index (χ0n) is 16.3. The minimum Gasteiger partial charge on any atom is -0.382 e. The van der Waals surface area contributed by atoms with Gasteiger partial charge in [0.2, 0.25) is 0 Å². The van der Waals surface area contributed by atoms with E-state index in [4.69, 9.17) is 0 Å². The summed E-state index contributed by atoms with van der Waals surface area (Å²) in [6.45, 7) is 7.38. The van der Waals surface area contributed by atoms with Crippen molar-refractivity contribution in [2.45, 2.75) is 56.9 Å². The summed E-state index contributed by atoms with van der Waals surface area (Å²) in [6.07, 6.45) is 2.83. The highest BCUT2D eigenvalue weighted by molar-refractivity contribution is 6.59. The Bertz CT molecular complexity index is 732. The normalized spacial score (nSPS) is 30.8. The minimum absolute atomic E-state index is 0.373. The van der Waals surface area contributed by atoms with Gasteiger partial charge in [-0.15, -0.1) is 0 Å². The molecule has 138 valence electrons. The van der Waals surface area contributed by atoms with Gasteiger partial charge in [0.05, 0.1) is 6.04 Å². The second-order valence-corrected chi connectivity index (χ2v) is 12.1. The van der Waals surface area contributed by atoms with Crippen molar-refractivity contribution in [2.75, 3.05) is 10.6 Å². The molecule has 2 nitrogen and oxygen atoms in total. The zero-order chi connectivity index (χ0) is 18.1. The first-order valence-corrected chi connectivity index (χ1v) is 13.0. The van der Waals surface area contributed by atoms with Gasteiger partial charge >= 0.3 is 0 Å². The molecule has 0 radical (unpaired) electrons. The van der Waals surface area contributed by atoms with E-state index in [0.717, 1.165) is 11.5 Å². The number of para-hydroxylation sites is 2. The van der Waals surface area contributed by atoms with Crippen molar-refractivity contribution in [1.82, 2.24) is 0 Å². The lowest BCUT2D eigenvalue weighted by Crippen LogP contribution is -2.39. The molecule has 0 aromatic heterocycles. The monoisotopic (exact) mass is 364 g/mol. The van der Waals surface area contributed by atoms with E-state index in [0.29, 0.717) is 18.0 Å². The quantitative estimate of drug-likeness (QED) is 0.621. The first-order valence-electron chi connectivity index (χ1n) is 10.3. The Kier molecular flexibility index (Phi) is 5.08. The van der Waals surface area contributed by atoms with Crippen LogP contribution in [0.1, 0.15) is 38.3 Å². The van der Waals surface area contributed by atoms with Crippen molar-refractivity contribution in [2.24, 2.45) is 11.8 Å². The number of hydrogen-bond acceptors (Lipinski definition) is 2. The van der Waals surface area contributed by atoms with E-state index >= 15 is 0 Å². The molecule has 6 unspecified atom stereocenters. The van der Waals surface area contributed by atoms with Gasteiger partial charge in [-0.1, -0.05) is 62.8 Å². The largest absolute Gasteiger partial charge is 0.382 e. The van der Waals surface area contributed by atoms with Gasteiger partial charge in [0.15, 0.2) is 0 Å². The van der Waals surface area contributed by atoms with Crippen molar-refractivity contribution in [3.8, 4) is 0 Å². The first kappa shape index (κ1) is 17.7. The summed E-state index contributed by atoms with van der Waals surface area (Å²) in [5, 5.41) is 7.71. The molecular formula is C23H32N2Si. The van der Waals surface area contributed by atoms with Gasteiger partial charge in [0.1, 0.15) is 0 Å². The van der Waals surface area contributed by atoms with E-state index in [-0.39, 0.29) is 0 Å². The Labute approximate surface area is 160 Å². The molecule has 6 atom stereocenters. The highest BCUT2D eigenvalue weighted by Crippen LogP contribution is 2.53. The summed E-state index contributed by atoms with van der Waals surface area (Å²) in [7, 11) is -0.476. The zero-order valence-corrected chi connectivity index (χ0v) is 17.4. The van der Waals surface area contributed by atoms with Crippen LogP contribution in [0.15, 0.2) is 54.6 Å². The standard InChI is InChI=1S/C23H32N2Si/c1-4-26(3)22-15-17(22)14-21-16(2)23(24-18-10-6-5-7-11-18)19-12-8-9-13-20(19)25-21/h5-13,16-17,21-26H,4,14-15H2,1-3H3. The third-order valence-corrected chi connectivity index (χ3v) is 10.4. The van der Waals surface area contributed by atoms with Crippen molar-refractivity contribution in [1.29, 1.82) is 0 Å². The molecule has 0 bridgehead atoms. The minimum atomic E-state index is -0.476. The van der Waals surface area contributed by atoms with Crippen molar-refractivity contribution >= 4 is 20.2 Å². The van der Waals surface area contributed by atoms with Crippen LogP contribution in [-0.2, 0) is 0 Å². The van der Waals surface area contributed by atoms with Crippen LogP contribution < -0.4 is 10.6 Å². The van der Waals surface area contributed by atoms with E-state index in [2.05, 4.69) is 85.6 Å². The van der Waals surface area contributed by atoms with E-state index < -0.39 is 8.80 Å². The van der Waals surface area contributed by atoms with Crippen LogP contribution in [0.5, 0.6) is 0 Å². The van der Waals surface area contributed by atoms with Crippen molar-refractivity contribution < 1.29 is 0 Å². The summed E-state index contributed by atoms with van der Waals surface area (Å²) in [6, 6.07) is 21.9. The van der Waals surface area contributed by atoms with Crippen molar-refractivity contribution in [3.05, 3.63) is 60.2 Å². The Morgan fingerprint density at radius 3 is 2.58 bits per heavy atom. The van der Waals surface area contributed by atoms with Gasteiger partial charge in [-0.3, -0.25) is 0 Å². The number of hydrogen-bond donors (Lipinski definition) is 2. The predicted molar refractivity (Wildman–Crippen MR) is 116 cm³/mol. The van der Waals surface area contributed by atoms with Crippen LogP contribution in [0.4, 0.5) is 11.4 Å². The van der Waals surface area contributed by atoms with Crippen molar-refractivity contribution in [3.63, 3.8) is 0 Å². The third kappa shape index (κ3) is 3.55. The second kappa shape index (κ2) is 7.48. The summed E-state index contributed by atoms with van der Waals surface area (Å²) >= 11 is 0. The second-order valence-electron chi connectivity index (χ2n) is 8.47. The molecule has 1 fully saturated rings.